The second kappa shape index (κ2) is 6.95. The lowest BCUT2D eigenvalue weighted by molar-refractivity contribution is -0.141. The minimum absolute atomic E-state index is 0.0353. The van der Waals surface area contributed by atoms with Crippen LogP contribution in [0.5, 0.6) is 0 Å². The van der Waals surface area contributed by atoms with Crippen molar-refractivity contribution in [1.29, 1.82) is 0 Å². The van der Waals surface area contributed by atoms with E-state index in [0.717, 1.165) is 18.3 Å². The van der Waals surface area contributed by atoms with Gasteiger partial charge >= 0.3 is 6.18 Å². The van der Waals surface area contributed by atoms with Gasteiger partial charge in [-0.15, -0.1) is 0 Å². The fourth-order valence-electron chi connectivity index (χ4n) is 2.16. The van der Waals surface area contributed by atoms with Crippen LogP contribution < -0.4 is 5.32 Å². The molecule has 0 aliphatic heterocycles. The highest BCUT2D eigenvalue weighted by atomic mass is 19.4. The molecule has 0 atom stereocenters. The van der Waals surface area contributed by atoms with E-state index in [0.29, 0.717) is 0 Å². The fourth-order valence-corrected chi connectivity index (χ4v) is 2.16. The number of benzene rings is 1. The Bertz CT molecular complexity index is 920. The summed E-state index contributed by atoms with van der Waals surface area (Å²) in [5.41, 5.74) is -0.602. The van der Waals surface area contributed by atoms with E-state index >= 15 is 0 Å². The summed E-state index contributed by atoms with van der Waals surface area (Å²) >= 11 is 0. The molecule has 0 bridgehead atoms. The van der Waals surface area contributed by atoms with Crippen molar-refractivity contribution >= 4 is 5.91 Å². The van der Waals surface area contributed by atoms with Gasteiger partial charge in [-0.05, 0) is 24.3 Å². The third-order valence-electron chi connectivity index (χ3n) is 3.45. The second-order valence-electron chi connectivity index (χ2n) is 5.27. The van der Waals surface area contributed by atoms with Gasteiger partial charge in [0.25, 0.3) is 5.91 Å². The number of aromatic nitrogens is 2. The van der Waals surface area contributed by atoms with Crippen LogP contribution in [-0.2, 0) is 12.7 Å². The molecule has 3 aromatic rings. The average molecular weight is 365 g/mol. The molecule has 1 N–H and O–H groups in total. The number of carbonyl (C=O) groups excluding carboxylic acids is 1. The van der Waals surface area contributed by atoms with Crippen LogP contribution >= 0.6 is 0 Å². The highest BCUT2D eigenvalue weighted by Gasteiger charge is 2.32. The highest BCUT2D eigenvalue weighted by Crippen LogP contribution is 2.27. The molecule has 0 radical (unpaired) electrons. The summed E-state index contributed by atoms with van der Waals surface area (Å²) in [4.78, 5) is 15.2. The van der Waals surface area contributed by atoms with E-state index in [2.05, 4.69) is 15.5 Å². The summed E-state index contributed by atoms with van der Waals surface area (Å²) in [6.45, 7) is -0.0681. The molecule has 0 spiro atoms. The molecular weight excluding hydrogens is 354 g/mol. The Hall–Kier alpha value is -3.23. The summed E-state index contributed by atoms with van der Waals surface area (Å²) in [6.07, 6.45) is -3.73. The van der Waals surface area contributed by atoms with E-state index in [1.54, 1.807) is 6.07 Å². The molecule has 1 amide bonds. The SMILES string of the molecule is O=C(NCc1cc(-c2ccccc2F)no1)c1ccc(C(F)(F)F)nc1. The summed E-state index contributed by atoms with van der Waals surface area (Å²) in [7, 11) is 0. The smallest absolute Gasteiger partial charge is 0.359 e. The van der Waals surface area contributed by atoms with Gasteiger partial charge < -0.3 is 9.84 Å². The first kappa shape index (κ1) is 17.6. The van der Waals surface area contributed by atoms with Crippen LogP contribution in [0.15, 0.2) is 53.2 Å². The zero-order valence-corrected chi connectivity index (χ0v) is 13.0. The van der Waals surface area contributed by atoms with Crippen LogP contribution in [0.4, 0.5) is 17.6 Å². The molecule has 9 heteroatoms. The van der Waals surface area contributed by atoms with E-state index in [9.17, 15) is 22.4 Å². The molecule has 0 fully saturated rings. The van der Waals surface area contributed by atoms with Gasteiger partial charge in [0, 0.05) is 17.8 Å². The largest absolute Gasteiger partial charge is 0.433 e. The van der Waals surface area contributed by atoms with Crippen molar-refractivity contribution in [2.45, 2.75) is 12.7 Å². The van der Waals surface area contributed by atoms with Crippen LogP contribution in [0.2, 0.25) is 0 Å². The summed E-state index contributed by atoms with van der Waals surface area (Å²) in [6, 6.07) is 9.20. The van der Waals surface area contributed by atoms with Crippen LogP contribution in [-0.4, -0.2) is 16.0 Å². The standard InChI is InChI=1S/C17H11F4N3O2/c18-13-4-2-1-3-12(13)14-7-11(26-24-14)9-23-16(25)10-5-6-15(22-8-10)17(19,20)21/h1-8H,9H2,(H,23,25). The van der Waals surface area contributed by atoms with Crippen LogP contribution in [0.25, 0.3) is 11.3 Å². The van der Waals surface area contributed by atoms with Gasteiger partial charge in [-0.2, -0.15) is 13.2 Å². The summed E-state index contributed by atoms with van der Waals surface area (Å²) in [5, 5.41) is 6.20. The van der Waals surface area contributed by atoms with Crippen molar-refractivity contribution in [3.05, 3.63) is 71.5 Å². The molecular formula is C17H11F4N3O2. The van der Waals surface area contributed by atoms with Crippen LogP contribution in [0, 0.1) is 5.82 Å². The zero-order chi connectivity index (χ0) is 18.7. The van der Waals surface area contributed by atoms with Gasteiger partial charge in [-0.25, -0.2) is 4.39 Å². The maximum absolute atomic E-state index is 13.7. The molecule has 2 aromatic heterocycles. The van der Waals surface area contributed by atoms with Crippen LogP contribution in [0.3, 0.4) is 0 Å². The minimum atomic E-state index is -4.57. The number of hydrogen-bond acceptors (Lipinski definition) is 4. The van der Waals surface area contributed by atoms with Gasteiger partial charge in [0.05, 0.1) is 12.1 Å². The Morgan fingerprint density at radius 1 is 1.15 bits per heavy atom. The Morgan fingerprint density at radius 2 is 1.92 bits per heavy atom. The lowest BCUT2D eigenvalue weighted by atomic mass is 10.1. The number of pyridine rings is 1. The van der Waals surface area contributed by atoms with E-state index in [1.165, 1.54) is 24.3 Å². The average Bonchev–Trinajstić information content (AvgIpc) is 3.08. The number of nitrogens with one attached hydrogen (secondary N) is 1. The first-order valence-electron chi connectivity index (χ1n) is 7.36. The lowest BCUT2D eigenvalue weighted by Crippen LogP contribution is -2.23. The lowest BCUT2D eigenvalue weighted by Gasteiger charge is -2.06. The third-order valence-corrected chi connectivity index (χ3v) is 3.45. The molecule has 5 nitrogen and oxygen atoms in total. The molecule has 1 aromatic carbocycles. The zero-order valence-electron chi connectivity index (χ0n) is 13.0. The Labute approximate surface area is 144 Å². The summed E-state index contributed by atoms with van der Waals surface area (Å²) in [5.74, 6) is -0.834. The Balaban J connectivity index is 1.64. The summed E-state index contributed by atoms with van der Waals surface area (Å²) < 4.78 is 56.1. The van der Waals surface area contributed by atoms with Crippen LogP contribution in [0.1, 0.15) is 21.8 Å². The monoisotopic (exact) mass is 365 g/mol. The molecule has 0 saturated carbocycles. The maximum Gasteiger partial charge on any atom is 0.433 e. The van der Waals surface area contributed by atoms with E-state index < -0.39 is 23.6 Å². The molecule has 134 valence electrons. The van der Waals surface area contributed by atoms with Gasteiger partial charge in [0.2, 0.25) is 0 Å². The van der Waals surface area contributed by atoms with E-state index in [-0.39, 0.29) is 29.1 Å². The van der Waals surface area contributed by atoms with E-state index in [4.69, 9.17) is 4.52 Å². The minimum Gasteiger partial charge on any atom is -0.359 e. The highest BCUT2D eigenvalue weighted by molar-refractivity contribution is 5.93. The second-order valence-corrected chi connectivity index (χ2v) is 5.27. The quantitative estimate of drug-likeness (QED) is 0.714. The predicted octanol–water partition coefficient (Wildman–Crippen LogP) is 3.82. The first-order chi connectivity index (χ1) is 12.3. The van der Waals surface area contributed by atoms with E-state index in [1.807, 2.05) is 0 Å². The Kier molecular flexibility index (Phi) is 4.70. The van der Waals surface area contributed by atoms with Crippen molar-refractivity contribution in [1.82, 2.24) is 15.5 Å². The molecule has 26 heavy (non-hydrogen) atoms. The molecule has 0 aliphatic rings. The molecule has 0 unspecified atom stereocenters. The van der Waals surface area contributed by atoms with Crippen molar-refractivity contribution in [2.24, 2.45) is 0 Å². The molecule has 0 aliphatic carbocycles. The number of halogens is 4. The molecule has 3 rings (SSSR count). The van der Waals surface area contributed by atoms with Gasteiger partial charge in [0.1, 0.15) is 17.2 Å². The number of amides is 1. The number of rotatable bonds is 4. The molecule has 0 saturated heterocycles. The normalized spacial score (nSPS) is 11.4. The number of hydrogen-bond donors (Lipinski definition) is 1. The van der Waals surface area contributed by atoms with Gasteiger partial charge in [-0.1, -0.05) is 17.3 Å². The number of carbonyl (C=O) groups is 1. The van der Waals surface area contributed by atoms with Gasteiger partial charge in [-0.3, -0.25) is 9.78 Å². The van der Waals surface area contributed by atoms with Gasteiger partial charge in [0.15, 0.2) is 5.76 Å². The van der Waals surface area contributed by atoms with Crippen molar-refractivity contribution < 1.29 is 26.9 Å². The van der Waals surface area contributed by atoms with Crippen molar-refractivity contribution in [3.8, 4) is 11.3 Å². The first-order valence-corrected chi connectivity index (χ1v) is 7.36. The third kappa shape index (κ3) is 3.88. The topological polar surface area (TPSA) is 68.0 Å². The Morgan fingerprint density at radius 3 is 2.58 bits per heavy atom. The maximum atomic E-state index is 13.7. The van der Waals surface area contributed by atoms with Crippen molar-refractivity contribution in [3.63, 3.8) is 0 Å². The predicted molar refractivity (Wildman–Crippen MR) is 82.3 cm³/mol. The molecule has 2 heterocycles. The fraction of sp³-hybridized carbons (Fsp3) is 0.118. The number of nitrogens with zero attached hydrogens (tertiary/aromatic N) is 2. The van der Waals surface area contributed by atoms with Crippen molar-refractivity contribution in [2.75, 3.05) is 0 Å². The number of alkyl halides is 3.